The van der Waals surface area contributed by atoms with E-state index < -0.39 is 0 Å². The fourth-order valence-corrected chi connectivity index (χ4v) is 1.84. The molecule has 1 aliphatic rings. The minimum Gasteiger partial charge on any atom is -0.387 e. The van der Waals surface area contributed by atoms with Crippen LogP contribution in [0.3, 0.4) is 0 Å². The van der Waals surface area contributed by atoms with Crippen molar-refractivity contribution in [2.75, 3.05) is 12.4 Å². The van der Waals surface area contributed by atoms with E-state index in [1.54, 1.807) is 19.2 Å². The van der Waals surface area contributed by atoms with E-state index in [1.165, 1.54) is 0 Å². The molecule has 2 N–H and O–H groups in total. The Labute approximate surface area is 91.6 Å². The normalized spacial score (nSPS) is 14.5. The zero-order valence-corrected chi connectivity index (χ0v) is 8.81. The zero-order valence-electron chi connectivity index (χ0n) is 8.06. The highest BCUT2D eigenvalue weighted by atomic mass is 35.5. The number of carbonyl (C=O) groups excluding carboxylic acids is 2. The van der Waals surface area contributed by atoms with Crippen LogP contribution in [0.2, 0.25) is 5.02 Å². The molecule has 0 spiro atoms. The Kier molecular flexibility index (Phi) is 2.36. The fourth-order valence-electron chi connectivity index (χ4n) is 1.58. The van der Waals surface area contributed by atoms with Crippen molar-refractivity contribution in [2.45, 2.75) is 6.42 Å². The predicted molar refractivity (Wildman–Crippen MR) is 57.2 cm³/mol. The number of amides is 2. The molecule has 4 nitrogen and oxygen atoms in total. The summed E-state index contributed by atoms with van der Waals surface area (Å²) in [6.45, 7) is 0. The van der Waals surface area contributed by atoms with Crippen LogP contribution in [-0.4, -0.2) is 18.9 Å². The van der Waals surface area contributed by atoms with Crippen molar-refractivity contribution in [1.82, 2.24) is 5.32 Å². The molecule has 15 heavy (non-hydrogen) atoms. The van der Waals surface area contributed by atoms with Gasteiger partial charge in [-0.25, -0.2) is 0 Å². The van der Waals surface area contributed by atoms with Crippen molar-refractivity contribution in [3.63, 3.8) is 0 Å². The second-order valence-corrected chi connectivity index (χ2v) is 3.70. The van der Waals surface area contributed by atoms with Crippen molar-refractivity contribution in [3.8, 4) is 0 Å². The number of fused-ring (bicyclic) bond motifs is 1. The SMILES string of the molecule is CNc1cc2c(cc1Cl)C(=O)NC(=O)C2. The highest BCUT2D eigenvalue weighted by Gasteiger charge is 2.23. The number of anilines is 1. The van der Waals surface area contributed by atoms with Crippen LogP contribution in [0.15, 0.2) is 12.1 Å². The monoisotopic (exact) mass is 224 g/mol. The quantitative estimate of drug-likeness (QED) is 0.705. The van der Waals surface area contributed by atoms with E-state index >= 15 is 0 Å². The lowest BCUT2D eigenvalue weighted by atomic mass is 9.99. The summed E-state index contributed by atoms with van der Waals surface area (Å²) in [4.78, 5) is 22.6. The van der Waals surface area contributed by atoms with Gasteiger partial charge in [-0.15, -0.1) is 0 Å². The first-order valence-corrected chi connectivity index (χ1v) is 4.84. The van der Waals surface area contributed by atoms with Crippen LogP contribution in [-0.2, 0) is 11.2 Å². The Hall–Kier alpha value is -1.55. The molecule has 0 aliphatic carbocycles. The molecule has 0 aromatic heterocycles. The average Bonchev–Trinajstić information content (AvgIpc) is 2.18. The Morgan fingerprint density at radius 3 is 2.80 bits per heavy atom. The first-order valence-electron chi connectivity index (χ1n) is 4.46. The van der Waals surface area contributed by atoms with E-state index in [1.807, 2.05) is 0 Å². The Bertz CT molecular complexity index is 457. The van der Waals surface area contributed by atoms with Gasteiger partial charge in [-0.3, -0.25) is 14.9 Å². The van der Waals surface area contributed by atoms with Gasteiger partial charge in [0.15, 0.2) is 0 Å². The van der Waals surface area contributed by atoms with Gasteiger partial charge in [-0.1, -0.05) is 11.6 Å². The highest BCUT2D eigenvalue weighted by Crippen LogP contribution is 2.27. The van der Waals surface area contributed by atoms with Gasteiger partial charge in [0.05, 0.1) is 17.1 Å². The molecule has 0 saturated heterocycles. The number of hydrogen-bond acceptors (Lipinski definition) is 3. The van der Waals surface area contributed by atoms with Gasteiger partial charge in [0.25, 0.3) is 5.91 Å². The Morgan fingerprint density at radius 1 is 1.40 bits per heavy atom. The lowest BCUT2D eigenvalue weighted by Gasteiger charge is -2.17. The van der Waals surface area contributed by atoms with E-state index in [2.05, 4.69) is 10.6 Å². The van der Waals surface area contributed by atoms with Gasteiger partial charge >= 0.3 is 0 Å². The molecule has 0 atom stereocenters. The van der Waals surface area contributed by atoms with Crippen molar-refractivity contribution in [2.24, 2.45) is 0 Å². The molecule has 0 fully saturated rings. The van der Waals surface area contributed by atoms with E-state index in [0.29, 0.717) is 16.1 Å². The Balaban J connectivity index is 2.56. The number of halogens is 1. The predicted octanol–water partition coefficient (Wildman–Crippen LogP) is 1.19. The number of nitrogens with one attached hydrogen (secondary N) is 2. The summed E-state index contributed by atoms with van der Waals surface area (Å²) in [7, 11) is 1.73. The van der Waals surface area contributed by atoms with Gasteiger partial charge in [0.2, 0.25) is 5.91 Å². The summed E-state index contributed by atoms with van der Waals surface area (Å²) in [5.74, 6) is -0.664. The van der Waals surface area contributed by atoms with Gasteiger partial charge in [-0.2, -0.15) is 0 Å². The third kappa shape index (κ3) is 1.68. The maximum Gasteiger partial charge on any atom is 0.258 e. The van der Waals surface area contributed by atoms with Gasteiger partial charge in [0.1, 0.15) is 0 Å². The van der Waals surface area contributed by atoms with Crippen LogP contribution >= 0.6 is 11.6 Å². The van der Waals surface area contributed by atoms with Crippen molar-refractivity contribution >= 4 is 29.1 Å². The molecular formula is C10H9ClN2O2. The molecule has 2 amide bonds. The standard InChI is InChI=1S/C10H9ClN2O2/c1-12-8-2-5-3-9(14)13-10(15)6(5)4-7(8)11/h2,4,12H,3H2,1H3,(H,13,14,15). The molecule has 1 aromatic rings. The summed E-state index contributed by atoms with van der Waals surface area (Å²) in [5.41, 5.74) is 1.90. The minimum absolute atomic E-state index is 0.215. The summed E-state index contributed by atoms with van der Waals surface area (Å²) in [6.07, 6.45) is 0.215. The number of hydrogen-bond donors (Lipinski definition) is 2. The second kappa shape index (κ2) is 3.55. The van der Waals surface area contributed by atoms with Crippen LogP contribution in [0.4, 0.5) is 5.69 Å². The maximum absolute atomic E-state index is 11.4. The van der Waals surface area contributed by atoms with Crippen LogP contribution in [0.25, 0.3) is 0 Å². The molecule has 0 unspecified atom stereocenters. The minimum atomic E-state index is -0.384. The van der Waals surface area contributed by atoms with E-state index in [-0.39, 0.29) is 18.2 Å². The second-order valence-electron chi connectivity index (χ2n) is 3.29. The van der Waals surface area contributed by atoms with Crippen LogP contribution in [0.5, 0.6) is 0 Å². The molecule has 0 radical (unpaired) electrons. The number of benzene rings is 1. The molecule has 0 saturated carbocycles. The van der Waals surface area contributed by atoms with Crippen LogP contribution in [0, 0.1) is 0 Å². The van der Waals surface area contributed by atoms with Crippen molar-refractivity contribution in [3.05, 3.63) is 28.3 Å². The first-order chi connectivity index (χ1) is 7.11. The molecular weight excluding hydrogens is 216 g/mol. The highest BCUT2D eigenvalue weighted by molar-refractivity contribution is 6.33. The van der Waals surface area contributed by atoms with E-state index in [9.17, 15) is 9.59 Å². The average molecular weight is 225 g/mol. The van der Waals surface area contributed by atoms with Crippen molar-refractivity contribution < 1.29 is 9.59 Å². The number of imide groups is 1. The molecule has 78 valence electrons. The topological polar surface area (TPSA) is 58.2 Å². The third-order valence-electron chi connectivity index (χ3n) is 2.31. The maximum atomic E-state index is 11.4. The van der Waals surface area contributed by atoms with Crippen LogP contribution in [0.1, 0.15) is 15.9 Å². The Morgan fingerprint density at radius 2 is 2.13 bits per heavy atom. The lowest BCUT2D eigenvalue weighted by molar-refractivity contribution is -0.119. The molecule has 0 bridgehead atoms. The van der Waals surface area contributed by atoms with E-state index in [0.717, 1.165) is 5.69 Å². The van der Waals surface area contributed by atoms with Crippen LogP contribution < -0.4 is 10.6 Å². The largest absolute Gasteiger partial charge is 0.387 e. The smallest absolute Gasteiger partial charge is 0.258 e. The van der Waals surface area contributed by atoms with Gasteiger partial charge in [-0.05, 0) is 17.7 Å². The van der Waals surface area contributed by atoms with E-state index in [4.69, 9.17) is 11.6 Å². The summed E-state index contributed by atoms with van der Waals surface area (Å²) < 4.78 is 0. The molecule has 2 rings (SSSR count). The summed E-state index contributed by atoms with van der Waals surface area (Å²) in [6, 6.07) is 3.30. The molecule has 1 aliphatic heterocycles. The third-order valence-corrected chi connectivity index (χ3v) is 2.62. The zero-order chi connectivity index (χ0) is 11.0. The fraction of sp³-hybridized carbons (Fsp3) is 0.200. The molecule has 1 aromatic carbocycles. The summed E-state index contributed by atoms with van der Waals surface area (Å²) in [5, 5.41) is 5.62. The number of rotatable bonds is 1. The lowest BCUT2D eigenvalue weighted by Crippen LogP contribution is -2.37. The summed E-state index contributed by atoms with van der Waals surface area (Å²) >= 11 is 5.94. The number of carbonyl (C=O) groups is 2. The van der Waals surface area contributed by atoms with Gasteiger partial charge < -0.3 is 5.32 Å². The first kappa shape index (κ1) is 9.98. The van der Waals surface area contributed by atoms with Crippen molar-refractivity contribution in [1.29, 1.82) is 0 Å². The molecule has 5 heteroatoms. The molecule has 1 heterocycles. The van der Waals surface area contributed by atoms with Gasteiger partial charge in [0, 0.05) is 12.6 Å².